The number of pyridine rings is 1. The van der Waals surface area contributed by atoms with E-state index in [-0.39, 0.29) is 11.9 Å². The van der Waals surface area contributed by atoms with Crippen LogP contribution in [-0.2, 0) is 10.0 Å². The van der Waals surface area contributed by atoms with Crippen molar-refractivity contribution in [3.05, 3.63) is 63.6 Å². The van der Waals surface area contributed by atoms with Gasteiger partial charge in [0, 0.05) is 13.2 Å². The first-order valence-electron chi connectivity index (χ1n) is 7.85. The molecule has 0 saturated carbocycles. The second kappa shape index (κ2) is 6.65. The Labute approximate surface area is 143 Å². The Morgan fingerprint density at radius 1 is 0.958 bits per heavy atom. The van der Waals surface area contributed by atoms with E-state index < -0.39 is 10.0 Å². The fourth-order valence-electron chi connectivity index (χ4n) is 2.56. The maximum absolute atomic E-state index is 12.9. The number of nitrogens with zero attached hydrogens (tertiary/aromatic N) is 1. The number of rotatable bonds is 2. The van der Waals surface area contributed by atoms with Crippen LogP contribution < -0.4 is 5.56 Å². The number of hydrogen-bond acceptors (Lipinski definition) is 3. The maximum atomic E-state index is 12.9. The molecule has 3 rings (SSSR count). The van der Waals surface area contributed by atoms with Crippen molar-refractivity contribution in [2.24, 2.45) is 0 Å². The van der Waals surface area contributed by atoms with Gasteiger partial charge in [0.2, 0.25) is 5.56 Å². The van der Waals surface area contributed by atoms with Gasteiger partial charge in [-0.3, -0.25) is 4.79 Å². The van der Waals surface area contributed by atoms with Crippen molar-refractivity contribution in [3.63, 3.8) is 0 Å². The molecule has 0 spiro atoms. The molecule has 0 amide bonds. The minimum Gasteiger partial charge on any atom is -0.320 e. The van der Waals surface area contributed by atoms with Crippen LogP contribution >= 0.6 is 0 Å². The number of hydrogen-bond donors (Lipinski definition) is 1. The van der Waals surface area contributed by atoms with Gasteiger partial charge in [0.25, 0.3) is 10.0 Å². The Bertz CT molecular complexity index is 1030. The summed E-state index contributed by atoms with van der Waals surface area (Å²) >= 11 is 0. The van der Waals surface area contributed by atoms with Crippen LogP contribution in [0.3, 0.4) is 0 Å². The standard InChI is InChI=1S/C16H16N2O3S.C2H6.H2/c1-10-4-6-13(7-5-10)22(20,21)18-12(3)11(2)16-14(18)8-9-15(19)17-16;1-2;/h4-9H,1-3H3,(H,17,19);1-2H3;1H. The van der Waals surface area contributed by atoms with Crippen LogP contribution in [0.2, 0.25) is 0 Å². The molecular weight excluding hydrogens is 324 g/mol. The van der Waals surface area contributed by atoms with E-state index in [4.69, 9.17) is 0 Å². The van der Waals surface area contributed by atoms with E-state index in [0.29, 0.717) is 16.7 Å². The second-order valence-electron chi connectivity index (χ2n) is 5.38. The van der Waals surface area contributed by atoms with Gasteiger partial charge in [-0.05, 0) is 44.5 Å². The van der Waals surface area contributed by atoms with E-state index in [2.05, 4.69) is 4.98 Å². The predicted octanol–water partition coefficient (Wildman–Crippen LogP) is 3.76. The largest absolute Gasteiger partial charge is 0.320 e. The van der Waals surface area contributed by atoms with E-state index in [0.717, 1.165) is 11.1 Å². The molecule has 130 valence electrons. The molecule has 24 heavy (non-hydrogen) atoms. The molecule has 6 heteroatoms. The number of fused-ring (bicyclic) bond motifs is 1. The molecule has 0 aliphatic rings. The van der Waals surface area contributed by atoms with Gasteiger partial charge in [-0.15, -0.1) is 0 Å². The number of aryl methyl sites for hydroxylation is 2. The van der Waals surface area contributed by atoms with Gasteiger partial charge in [0.15, 0.2) is 0 Å². The van der Waals surface area contributed by atoms with Crippen molar-refractivity contribution in [2.45, 2.75) is 39.5 Å². The first kappa shape index (κ1) is 18.0. The highest BCUT2D eigenvalue weighted by molar-refractivity contribution is 7.90. The second-order valence-corrected chi connectivity index (χ2v) is 7.16. The molecule has 0 atom stereocenters. The molecule has 5 nitrogen and oxygen atoms in total. The summed E-state index contributed by atoms with van der Waals surface area (Å²) in [7, 11) is -3.71. The zero-order valence-electron chi connectivity index (χ0n) is 14.5. The third-order valence-corrected chi connectivity index (χ3v) is 5.72. The lowest BCUT2D eigenvalue weighted by molar-refractivity contribution is 0.588. The summed E-state index contributed by atoms with van der Waals surface area (Å²) in [6.07, 6.45) is 0. The first-order chi connectivity index (χ1) is 11.3. The molecule has 1 N–H and O–H groups in total. The molecule has 0 aliphatic carbocycles. The SMILES string of the molecule is CC.Cc1ccc(S(=O)(=O)n2c(C)c(C)c3[nH]c(=O)ccc32)cc1.[HH]. The number of benzene rings is 1. The van der Waals surface area contributed by atoms with Gasteiger partial charge in [-0.1, -0.05) is 31.5 Å². The van der Waals surface area contributed by atoms with Gasteiger partial charge in [0.05, 0.1) is 15.9 Å². The van der Waals surface area contributed by atoms with E-state index in [1.54, 1.807) is 44.2 Å². The van der Waals surface area contributed by atoms with E-state index in [9.17, 15) is 13.2 Å². The Kier molecular flexibility index (Phi) is 4.99. The third kappa shape index (κ3) is 2.89. The van der Waals surface area contributed by atoms with Crippen LogP contribution in [0.25, 0.3) is 11.0 Å². The molecule has 2 aromatic heterocycles. The van der Waals surface area contributed by atoms with Crippen molar-refractivity contribution in [1.29, 1.82) is 0 Å². The minimum absolute atomic E-state index is 0. The highest BCUT2D eigenvalue weighted by atomic mass is 32.2. The van der Waals surface area contributed by atoms with Crippen LogP contribution in [0.15, 0.2) is 46.1 Å². The van der Waals surface area contributed by atoms with Crippen molar-refractivity contribution in [2.75, 3.05) is 0 Å². The van der Waals surface area contributed by atoms with E-state index >= 15 is 0 Å². The molecule has 2 heterocycles. The number of H-pyrrole nitrogens is 1. The fourth-order valence-corrected chi connectivity index (χ4v) is 4.16. The maximum Gasteiger partial charge on any atom is 0.268 e. The summed E-state index contributed by atoms with van der Waals surface area (Å²) in [6, 6.07) is 9.60. The van der Waals surface area contributed by atoms with Crippen LogP contribution in [0.4, 0.5) is 0 Å². The fraction of sp³-hybridized carbons (Fsp3) is 0.278. The smallest absolute Gasteiger partial charge is 0.268 e. The number of aromatic nitrogens is 2. The van der Waals surface area contributed by atoms with E-state index in [1.807, 2.05) is 20.8 Å². The Morgan fingerprint density at radius 2 is 1.54 bits per heavy atom. The highest BCUT2D eigenvalue weighted by Gasteiger charge is 2.23. The van der Waals surface area contributed by atoms with Gasteiger partial charge < -0.3 is 4.98 Å². The topological polar surface area (TPSA) is 71.9 Å². The van der Waals surface area contributed by atoms with Gasteiger partial charge in [-0.2, -0.15) is 0 Å². The lowest BCUT2D eigenvalue weighted by Gasteiger charge is -2.10. The van der Waals surface area contributed by atoms with Crippen LogP contribution in [0.5, 0.6) is 0 Å². The van der Waals surface area contributed by atoms with Crippen molar-refractivity contribution >= 4 is 21.1 Å². The number of nitrogens with one attached hydrogen (secondary N) is 1. The Balaban J connectivity index is 0.00000101. The average Bonchev–Trinajstić information content (AvgIpc) is 2.81. The lowest BCUT2D eigenvalue weighted by atomic mass is 10.2. The summed E-state index contributed by atoms with van der Waals surface area (Å²) in [5.41, 5.74) is 3.13. The normalized spacial score (nSPS) is 11.2. The summed E-state index contributed by atoms with van der Waals surface area (Å²) in [5, 5.41) is 0. The van der Waals surface area contributed by atoms with Gasteiger partial charge in [0.1, 0.15) is 0 Å². The van der Waals surface area contributed by atoms with Crippen LogP contribution in [-0.4, -0.2) is 17.4 Å². The summed E-state index contributed by atoms with van der Waals surface area (Å²) in [4.78, 5) is 14.4. The average molecular weight is 348 g/mol. The van der Waals surface area contributed by atoms with Crippen molar-refractivity contribution in [1.82, 2.24) is 8.96 Å². The molecule has 0 unspecified atom stereocenters. The molecule has 0 saturated heterocycles. The van der Waals surface area contributed by atoms with Gasteiger partial charge >= 0.3 is 0 Å². The molecule has 0 bridgehead atoms. The summed E-state index contributed by atoms with van der Waals surface area (Å²) in [6.45, 7) is 9.44. The number of aromatic amines is 1. The minimum atomic E-state index is -3.71. The molecular formula is C18H24N2O3S. The first-order valence-corrected chi connectivity index (χ1v) is 9.29. The zero-order chi connectivity index (χ0) is 18.1. The van der Waals surface area contributed by atoms with Crippen LogP contribution in [0.1, 0.15) is 32.1 Å². The Morgan fingerprint density at radius 3 is 2.12 bits per heavy atom. The summed E-state index contributed by atoms with van der Waals surface area (Å²) < 4.78 is 27.2. The Hall–Kier alpha value is -2.34. The van der Waals surface area contributed by atoms with Gasteiger partial charge in [-0.25, -0.2) is 12.4 Å². The van der Waals surface area contributed by atoms with Crippen molar-refractivity contribution in [3.8, 4) is 0 Å². The molecule has 0 aliphatic heterocycles. The summed E-state index contributed by atoms with van der Waals surface area (Å²) in [5.74, 6) is 0. The predicted molar refractivity (Wildman–Crippen MR) is 99.3 cm³/mol. The van der Waals surface area contributed by atoms with E-state index in [1.165, 1.54) is 10.0 Å². The molecule has 3 aromatic rings. The third-order valence-electron chi connectivity index (χ3n) is 3.90. The van der Waals surface area contributed by atoms with Crippen molar-refractivity contribution < 1.29 is 9.84 Å². The molecule has 0 radical (unpaired) electrons. The van der Waals surface area contributed by atoms with Crippen LogP contribution in [0, 0.1) is 20.8 Å². The molecule has 1 aromatic carbocycles. The lowest BCUT2D eigenvalue weighted by Crippen LogP contribution is -2.15. The monoisotopic (exact) mass is 348 g/mol. The highest BCUT2D eigenvalue weighted by Crippen LogP contribution is 2.27. The quantitative estimate of drug-likeness (QED) is 0.766. The molecule has 0 fully saturated rings. The zero-order valence-corrected chi connectivity index (χ0v) is 15.4.